The van der Waals surface area contributed by atoms with Crippen molar-refractivity contribution in [2.45, 2.75) is 27.7 Å². The lowest BCUT2D eigenvalue weighted by Crippen LogP contribution is -2.14. The predicted molar refractivity (Wildman–Crippen MR) is 300 cm³/mol. The molecule has 0 aliphatic rings. The molecule has 74 heavy (non-hydrogen) atoms. The van der Waals surface area contributed by atoms with Crippen LogP contribution in [0.4, 0.5) is 51.7 Å². The van der Waals surface area contributed by atoms with Crippen LogP contribution in [0.1, 0.15) is 22.3 Å². The first-order valence-corrected chi connectivity index (χ1v) is 24.8. The fourth-order valence-corrected chi connectivity index (χ4v) is 11.0. The monoisotopic (exact) mass is 968 g/mol. The summed E-state index contributed by atoms with van der Waals surface area (Å²) in [5.41, 5.74) is 14.6. The number of halogens is 4. The second-order valence-electron chi connectivity index (χ2n) is 19.2. The molecule has 0 N–H and O–H groups in total. The number of hydrogen-bond donors (Lipinski definition) is 0. The van der Waals surface area contributed by atoms with E-state index >= 15 is 17.6 Å². The van der Waals surface area contributed by atoms with Crippen LogP contribution in [0, 0.1) is 51.0 Å². The Hall–Kier alpha value is -9.00. The van der Waals surface area contributed by atoms with E-state index in [0.717, 1.165) is 111 Å². The van der Waals surface area contributed by atoms with Gasteiger partial charge in [0.05, 0.1) is 22.7 Å². The Balaban J connectivity index is 1.14. The third-order valence-corrected chi connectivity index (χ3v) is 14.6. The van der Waals surface area contributed by atoms with E-state index in [2.05, 4.69) is 88.4 Å². The van der Waals surface area contributed by atoms with Crippen LogP contribution in [-0.4, -0.2) is 0 Å². The number of hydrogen-bond acceptors (Lipinski definition) is 2. The number of nitrogens with zero attached hydrogens (tertiary/aromatic N) is 2. The number of benzene rings is 12. The molecule has 0 spiro atoms. The molecule has 358 valence electrons. The van der Waals surface area contributed by atoms with Gasteiger partial charge in [-0.3, -0.25) is 0 Å². The fourth-order valence-electron chi connectivity index (χ4n) is 11.0. The lowest BCUT2D eigenvalue weighted by atomic mass is 9.90. The molecular weight excluding hydrogens is 921 g/mol. The van der Waals surface area contributed by atoms with Crippen LogP contribution >= 0.6 is 0 Å². The van der Waals surface area contributed by atoms with Crippen molar-refractivity contribution in [2.24, 2.45) is 0 Å². The SMILES string of the molecule is Cc1ccccc1-c1cc(-c2ccccc2C)cc(N(c2cccc(F)c2F)c2ccc3ccc4c(N(c5cc(-c6ccccc6C)cc(-c6ccccc6C)c5)c5cccc(F)c5F)ccc5ccc2c3c54)c1. The molecule has 12 aromatic carbocycles. The predicted octanol–water partition coefficient (Wildman–Crippen LogP) is 20.0. The highest BCUT2D eigenvalue weighted by Crippen LogP contribution is 2.50. The lowest BCUT2D eigenvalue weighted by Gasteiger charge is -2.30. The van der Waals surface area contributed by atoms with Gasteiger partial charge >= 0.3 is 0 Å². The summed E-state index contributed by atoms with van der Waals surface area (Å²) in [4.78, 5) is 3.65. The topological polar surface area (TPSA) is 6.48 Å². The first-order valence-electron chi connectivity index (χ1n) is 24.8. The Morgan fingerprint density at radius 2 is 0.595 bits per heavy atom. The molecule has 2 nitrogen and oxygen atoms in total. The Kier molecular flexibility index (Phi) is 11.6. The molecule has 0 unspecified atom stereocenters. The Bertz CT molecular complexity index is 3760. The number of anilines is 6. The fraction of sp³-hybridized carbons (Fsp3) is 0.0588. The summed E-state index contributed by atoms with van der Waals surface area (Å²) in [5, 5.41) is 5.16. The van der Waals surface area contributed by atoms with E-state index in [0.29, 0.717) is 22.7 Å². The number of aryl methyl sites for hydroxylation is 4. The molecule has 12 rings (SSSR count). The van der Waals surface area contributed by atoms with E-state index in [-0.39, 0.29) is 11.4 Å². The van der Waals surface area contributed by atoms with Crippen LogP contribution < -0.4 is 9.80 Å². The normalized spacial score (nSPS) is 11.5. The summed E-state index contributed by atoms with van der Waals surface area (Å²) in [6, 6.07) is 69.9. The van der Waals surface area contributed by atoms with Gasteiger partial charge in [-0.25, -0.2) is 17.6 Å². The summed E-state index contributed by atoms with van der Waals surface area (Å²) >= 11 is 0. The average molecular weight is 969 g/mol. The summed E-state index contributed by atoms with van der Waals surface area (Å²) in [6.07, 6.45) is 0. The maximum atomic E-state index is 16.8. The van der Waals surface area contributed by atoms with Crippen molar-refractivity contribution in [3.05, 3.63) is 264 Å². The molecule has 6 heteroatoms. The third-order valence-electron chi connectivity index (χ3n) is 14.6. The summed E-state index contributed by atoms with van der Waals surface area (Å²) in [7, 11) is 0. The van der Waals surface area contributed by atoms with Crippen molar-refractivity contribution in [3.8, 4) is 44.5 Å². The molecule has 0 amide bonds. The molecule has 0 radical (unpaired) electrons. The molecular formula is C68H48F4N2. The highest BCUT2D eigenvalue weighted by Gasteiger charge is 2.27. The van der Waals surface area contributed by atoms with Crippen LogP contribution in [0.3, 0.4) is 0 Å². The second kappa shape index (κ2) is 18.6. The highest BCUT2D eigenvalue weighted by molar-refractivity contribution is 6.28. The molecule has 0 aliphatic heterocycles. The molecule has 0 aromatic heterocycles. The maximum Gasteiger partial charge on any atom is 0.182 e. The number of rotatable bonds is 10. The van der Waals surface area contributed by atoms with E-state index in [9.17, 15) is 0 Å². The van der Waals surface area contributed by atoms with Gasteiger partial charge in [0.25, 0.3) is 0 Å². The van der Waals surface area contributed by atoms with Crippen LogP contribution in [-0.2, 0) is 0 Å². The lowest BCUT2D eigenvalue weighted by molar-refractivity contribution is 0.510. The Morgan fingerprint density at radius 3 is 0.919 bits per heavy atom. The zero-order chi connectivity index (χ0) is 50.8. The summed E-state index contributed by atoms with van der Waals surface area (Å²) in [5.74, 6) is -3.90. The van der Waals surface area contributed by atoms with Crippen molar-refractivity contribution in [3.63, 3.8) is 0 Å². The maximum absolute atomic E-state index is 16.8. The zero-order valence-electron chi connectivity index (χ0n) is 41.2. The van der Waals surface area contributed by atoms with E-state index in [4.69, 9.17) is 0 Å². The Labute approximate surface area is 428 Å². The van der Waals surface area contributed by atoms with Crippen LogP contribution in [0.25, 0.3) is 76.8 Å². The van der Waals surface area contributed by atoms with Gasteiger partial charge in [0.15, 0.2) is 23.3 Å². The molecule has 0 fully saturated rings. The standard InChI is InChI=1S/C68H48F4N2/c1-41-15-5-9-19-53(41)47-35-48(54-20-10-6-16-42(54)2)38-51(37-47)73(63-25-13-23-59(69)67(63)71)61-33-29-45-28-32-58-62(34-30-46-27-31-57(61)65(45)66(46)58)74(64-26-14-24-60(70)68(64)72)52-39-49(55-21-11-7-17-43(55)3)36-50(40-52)56-22-12-8-18-44(56)4/h5-40H,1-4H3. The van der Waals surface area contributed by atoms with Crippen molar-refractivity contribution in [1.82, 2.24) is 0 Å². The van der Waals surface area contributed by atoms with E-state index < -0.39 is 23.3 Å². The van der Waals surface area contributed by atoms with Crippen LogP contribution in [0.2, 0.25) is 0 Å². The van der Waals surface area contributed by atoms with Crippen molar-refractivity contribution in [2.75, 3.05) is 9.80 Å². The van der Waals surface area contributed by atoms with Crippen molar-refractivity contribution >= 4 is 66.4 Å². The molecule has 0 aliphatic carbocycles. The van der Waals surface area contributed by atoms with Crippen LogP contribution in [0.5, 0.6) is 0 Å². The summed E-state index contributed by atoms with van der Waals surface area (Å²) < 4.78 is 64.9. The van der Waals surface area contributed by atoms with Gasteiger partial charge in [-0.15, -0.1) is 0 Å². The average Bonchev–Trinajstić information content (AvgIpc) is 3.41. The largest absolute Gasteiger partial charge is 0.307 e. The first kappa shape index (κ1) is 46.1. The zero-order valence-corrected chi connectivity index (χ0v) is 41.2. The molecule has 0 bridgehead atoms. The van der Waals surface area contributed by atoms with Gasteiger partial charge in [0.2, 0.25) is 0 Å². The van der Waals surface area contributed by atoms with Gasteiger partial charge in [-0.1, -0.05) is 146 Å². The molecule has 0 saturated heterocycles. The molecule has 0 saturated carbocycles. The Morgan fingerprint density at radius 1 is 0.284 bits per heavy atom. The third kappa shape index (κ3) is 7.91. The smallest absolute Gasteiger partial charge is 0.182 e. The van der Waals surface area contributed by atoms with Gasteiger partial charge in [-0.05, 0) is 189 Å². The molecule has 0 atom stereocenters. The minimum atomic E-state index is -0.982. The first-order chi connectivity index (χ1) is 36.0. The molecule has 0 heterocycles. The summed E-state index contributed by atoms with van der Waals surface area (Å²) in [6.45, 7) is 8.29. The van der Waals surface area contributed by atoms with E-state index in [1.54, 1.807) is 12.1 Å². The quantitative estimate of drug-likeness (QED) is 0.0995. The van der Waals surface area contributed by atoms with Crippen LogP contribution in [0.15, 0.2) is 218 Å². The van der Waals surface area contributed by atoms with Gasteiger partial charge in [-0.2, -0.15) is 0 Å². The van der Waals surface area contributed by atoms with Gasteiger partial charge < -0.3 is 9.80 Å². The minimum absolute atomic E-state index is 0.0455. The van der Waals surface area contributed by atoms with Gasteiger partial charge in [0, 0.05) is 22.1 Å². The van der Waals surface area contributed by atoms with Crippen molar-refractivity contribution in [1.29, 1.82) is 0 Å². The van der Waals surface area contributed by atoms with Gasteiger partial charge in [0.1, 0.15) is 0 Å². The van der Waals surface area contributed by atoms with E-state index in [1.807, 2.05) is 131 Å². The highest BCUT2D eigenvalue weighted by atomic mass is 19.2. The molecule has 12 aromatic rings. The second-order valence-corrected chi connectivity index (χ2v) is 19.2. The minimum Gasteiger partial charge on any atom is -0.307 e. The van der Waals surface area contributed by atoms with Crippen molar-refractivity contribution < 1.29 is 17.6 Å². The van der Waals surface area contributed by atoms with E-state index in [1.165, 1.54) is 12.1 Å².